The van der Waals surface area contributed by atoms with E-state index in [9.17, 15) is 4.39 Å². The lowest BCUT2D eigenvalue weighted by atomic mass is 10.3. The zero-order chi connectivity index (χ0) is 6.57. The van der Waals surface area contributed by atoms with Gasteiger partial charge in [-0.05, 0) is 27.4 Å². The molecular weight excluding hydrogens is 105 g/mol. The fraction of sp³-hybridized carbons (Fsp3) is 1.00. The molecule has 2 heteroatoms. The largest absolute Gasteiger partial charge is 0.309 e. The van der Waals surface area contributed by atoms with Gasteiger partial charge in [0.05, 0.1) is 6.17 Å². The van der Waals surface area contributed by atoms with Crippen LogP contribution in [0.15, 0.2) is 0 Å². The summed E-state index contributed by atoms with van der Waals surface area (Å²) >= 11 is 0. The van der Waals surface area contributed by atoms with Crippen LogP contribution in [0.2, 0.25) is 0 Å². The SMILES string of the molecule is C[C@H](F)CCN(C)C. The second kappa shape index (κ2) is 3.84. The van der Waals surface area contributed by atoms with Crippen LogP contribution >= 0.6 is 0 Å². The molecule has 0 amide bonds. The van der Waals surface area contributed by atoms with Crippen LogP contribution in [0.4, 0.5) is 4.39 Å². The molecule has 0 rings (SSSR count). The lowest BCUT2D eigenvalue weighted by Gasteiger charge is -2.08. The van der Waals surface area contributed by atoms with E-state index in [0.717, 1.165) is 6.54 Å². The smallest absolute Gasteiger partial charge is 0.0985 e. The maximum absolute atomic E-state index is 12.0. The van der Waals surface area contributed by atoms with Crippen LogP contribution in [0.25, 0.3) is 0 Å². The van der Waals surface area contributed by atoms with E-state index in [4.69, 9.17) is 0 Å². The Balaban J connectivity index is 2.93. The molecule has 0 aliphatic rings. The van der Waals surface area contributed by atoms with Gasteiger partial charge in [-0.1, -0.05) is 0 Å². The Morgan fingerprint density at radius 3 is 2.12 bits per heavy atom. The van der Waals surface area contributed by atoms with Crippen molar-refractivity contribution in [1.29, 1.82) is 0 Å². The van der Waals surface area contributed by atoms with Crippen LogP contribution in [-0.4, -0.2) is 31.7 Å². The molecule has 0 N–H and O–H groups in total. The van der Waals surface area contributed by atoms with Crippen LogP contribution in [0.1, 0.15) is 13.3 Å². The van der Waals surface area contributed by atoms with Gasteiger partial charge in [-0.15, -0.1) is 0 Å². The van der Waals surface area contributed by atoms with Crippen molar-refractivity contribution in [2.75, 3.05) is 20.6 Å². The van der Waals surface area contributed by atoms with Gasteiger partial charge < -0.3 is 4.90 Å². The Bertz CT molecular complexity index is 44.5. The molecule has 0 saturated heterocycles. The highest BCUT2D eigenvalue weighted by molar-refractivity contribution is 4.49. The highest BCUT2D eigenvalue weighted by Gasteiger charge is 1.96. The topological polar surface area (TPSA) is 3.24 Å². The molecule has 0 bridgehead atoms. The van der Waals surface area contributed by atoms with Crippen molar-refractivity contribution in [3.8, 4) is 0 Å². The summed E-state index contributed by atoms with van der Waals surface area (Å²) < 4.78 is 12.0. The summed E-state index contributed by atoms with van der Waals surface area (Å²) in [6.07, 6.45) is -0.00935. The van der Waals surface area contributed by atoms with Crippen molar-refractivity contribution < 1.29 is 4.39 Å². The van der Waals surface area contributed by atoms with E-state index >= 15 is 0 Å². The molecule has 1 nitrogen and oxygen atoms in total. The molecule has 0 saturated carbocycles. The van der Waals surface area contributed by atoms with E-state index in [-0.39, 0.29) is 0 Å². The molecule has 0 fully saturated rings. The standard InChI is InChI=1S/C6H14FN/c1-6(7)4-5-8(2)3/h6H,4-5H2,1-3H3/t6-/m0/s1. The summed E-state index contributed by atoms with van der Waals surface area (Å²) in [6.45, 7) is 2.43. The number of alkyl halides is 1. The molecular formula is C6H14FN. The molecule has 0 heterocycles. The molecule has 8 heavy (non-hydrogen) atoms. The summed E-state index contributed by atoms with van der Waals surface area (Å²) in [7, 11) is 3.89. The first-order chi connectivity index (χ1) is 3.63. The molecule has 0 aromatic rings. The minimum absolute atomic E-state index is 0.646. The minimum atomic E-state index is -0.655. The third-order valence-corrected chi connectivity index (χ3v) is 0.974. The van der Waals surface area contributed by atoms with Gasteiger partial charge in [0.1, 0.15) is 0 Å². The number of rotatable bonds is 3. The van der Waals surface area contributed by atoms with Gasteiger partial charge in [0.25, 0.3) is 0 Å². The summed E-state index contributed by atoms with van der Waals surface area (Å²) in [5, 5.41) is 0. The molecule has 1 atom stereocenters. The second-order valence-corrected chi connectivity index (χ2v) is 2.37. The van der Waals surface area contributed by atoms with Gasteiger partial charge in [-0.2, -0.15) is 0 Å². The van der Waals surface area contributed by atoms with Gasteiger partial charge >= 0.3 is 0 Å². The predicted octanol–water partition coefficient (Wildman–Crippen LogP) is 1.30. The summed E-state index contributed by atoms with van der Waals surface area (Å²) in [4.78, 5) is 1.98. The van der Waals surface area contributed by atoms with Crippen molar-refractivity contribution in [2.45, 2.75) is 19.5 Å². The van der Waals surface area contributed by atoms with Crippen molar-refractivity contribution >= 4 is 0 Å². The van der Waals surface area contributed by atoms with Crippen LogP contribution in [0.5, 0.6) is 0 Å². The monoisotopic (exact) mass is 119 g/mol. The summed E-state index contributed by atoms with van der Waals surface area (Å²) in [5.41, 5.74) is 0. The quantitative estimate of drug-likeness (QED) is 0.541. The number of nitrogens with zero attached hydrogens (tertiary/aromatic N) is 1. The molecule has 0 aromatic carbocycles. The lowest BCUT2D eigenvalue weighted by Crippen LogP contribution is -2.15. The average molecular weight is 119 g/mol. The zero-order valence-corrected chi connectivity index (χ0v) is 5.82. The van der Waals surface area contributed by atoms with Crippen LogP contribution in [0, 0.1) is 0 Å². The Morgan fingerprint density at radius 1 is 1.50 bits per heavy atom. The number of hydrogen-bond acceptors (Lipinski definition) is 1. The van der Waals surface area contributed by atoms with Crippen molar-refractivity contribution in [3.63, 3.8) is 0 Å². The molecule has 0 radical (unpaired) electrons. The Morgan fingerprint density at radius 2 is 2.00 bits per heavy atom. The minimum Gasteiger partial charge on any atom is -0.309 e. The molecule has 0 aromatic heterocycles. The van der Waals surface area contributed by atoms with Gasteiger partial charge in [-0.25, -0.2) is 4.39 Å². The summed E-state index contributed by atoms with van der Waals surface area (Å²) in [5.74, 6) is 0. The van der Waals surface area contributed by atoms with Crippen LogP contribution in [-0.2, 0) is 0 Å². The second-order valence-electron chi connectivity index (χ2n) is 2.37. The van der Waals surface area contributed by atoms with E-state index in [1.165, 1.54) is 0 Å². The highest BCUT2D eigenvalue weighted by atomic mass is 19.1. The molecule has 0 unspecified atom stereocenters. The molecule has 0 aliphatic carbocycles. The third-order valence-electron chi connectivity index (χ3n) is 0.974. The van der Waals surface area contributed by atoms with E-state index in [0.29, 0.717) is 6.42 Å². The Labute approximate surface area is 50.5 Å². The summed E-state index contributed by atoms with van der Waals surface area (Å²) in [6, 6.07) is 0. The van der Waals surface area contributed by atoms with E-state index in [2.05, 4.69) is 0 Å². The number of hydrogen-bond donors (Lipinski definition) is 0. The van der Waals surface area contributed by atoms with Crippen LogP contribution < -0.4 is 0 Å². The molecule has 0 aliphatic heterocycles. The molecule has 0 spiro atoms. The first-order valence-electron chi connectivity index (χ1n) is 2.91. The van der Waals surface area contributed by atoms with E-state index in [1.54, 1.807) is 6.92 Å². The number of halogens is 1. The van der Waals surface area contributed by atoms with Crippen molar-refractivity contribution in [2.24, 2.45) is 0 Å². The van der Waals surface area contributed by atoms with Gasteiger partial charge in [0.2, 0.25) is 0 Å². The van der Waals surface area contributed by atoms with Gasteiger partial charge in [-0.3, -0.25) is 0 Å². The Kier molecular flexibility index (Phi) is 3.79. The lowest BCUT2D eigenvalue weighted by molar-refractivity contribution is 0.291. The van der Waals surface area contributed by atoms with Crippen molar-refractivity contribution in [3.05, 3.63) is 0 Å². The fourth-order valence-electron chi connectivity index (χ4n) is 0.436. The van der Waals surface area contributed by atoms with E-state index < -0.39 is 6.17 Å². The highest BCUT2D eigenvalue weighted by Crippen LogP contribution is 1.94. The zero-order valence-electron chi connectivity index (χ0n) is 5.82. The average Bonchev–Trinajstić information content (AvgIpc) is 1.61. The predicted molar refractivity (Wildman–Crippen MR) is 33.7 cm³/mol. The van der Waals surface area contributed by atoms with Crippen LogP contribution in [0.3, 0.4) is 0 Å². The van der Waals surface area contributed by atoms with Gasteiger partial charge in [0, 0.05) is 6.54 Å². The normalized spacial score (nSPS) is 14.6. The Hall–Kier alpha value is -0.110. The van der Waals surface area contributed by atoms with Crippen molar-refractivity contribution in [1.82, 2.24) is 4.90 Å². The van der Waals surface area contributed by atoms with Gasteiger partial charge in [0.15, 0.2) is 0 Å². The van der Waals surface area contributed by atoms with E-state index in [1.807, 2.05) is 19.0 Å². The third kappa shape index (κ3) is 5.89. The first kappa shape index (κ1) is 7.89. The maximum Gasteiger partial charge on any atom is 0.0985 e. The maximum atomic E-state index is 12.0. The first-order valence-corrected chi connectivity index (χ1v) is 2.91. The fourth-order valence-corrected chi connectivity index (χ4v) is 0.436. The molecule has 50 valence electrons.